The largest absolute Gasteiger partial charge is 0.481 e. The normalized spacial score (nSPS) is 18.3. The quantitative estimate of drug-likeness (QED) is 0.682. The summed E-state index contributed by atoms with van der Waals surface area (Å²) < 4.78 is 0. The van der Waals surface area contributed by atoms with Crippen LogP contribution in [0.4, 0.5) is 11.4 Å². The number of aryl methyl sites for hydroxylation is 1. The van der Waals surface area contributed by atoms with Crippen LogP contribution in [0.3, 0.4) is 0 Å². The lowest BCUT2D eigenvalue weighted by Gasteiger charge is -2.21. The topological polar surface area (TPSA) is 83.7 Å². The average Bonchev–Trinajstić information content (AvgIpc) is 2.78. The molecule has 0 spiro atoms. The van der Waals surface area contributed by atoms with E-state index < -0.39 is 10.9 Å². The van der Waals surface area contributed by atoms with Gasteiger partial charge in [-0.2, -0.15) is 0 Å². The van der Waals surface area contributed by atoms with Gasteiger partial charge in [-0.15, -0.1) is 0 Å². The molecular weight excluding hydrogens is 284 g/mol. The maximum absolute atomic E-state index is 10.8. The second-order valence-electron chi connectivity index (χ2n) is 5.05. The molecule has 1 unspecified atom stereocenters. The summed E-state index contributed by atoms with van der Waals surface area (Å²) in [7, 11) is 0. The molecule has 108 valence electrons. The Morgan fingerprint density at radius 1 is 1.60 bits per heavy atom. The number of nitro groups is 1. The number of aliphatic carboxylic acids is 1. The van der Waals surface area contributed by atoms with Gasteiger partial charge in [-0.25, -0.2) is 0 Å². The summed E-state index contributed by atoms with van der Waals surface area (Å²) in [5, 5.41) is 19.7. The SMILES string of the molecule is Cc1cc([N+](=O)[O-])c(Cl)cc1N1CCC(CC(=O)O)C1. The molecule has 0 aromatic heterocycles. The highest BCUT2D eigenvalue weighted by molar-refractivity contribution is 6.33. The van der Waals surface area contributed by atoms with Crippen molar-refractivity contribution < 1.29 is 14.8 Å². The Bertz CT molecular complexity index is 562. The van der Waals surface area contributed by atoms with E-state index in [4.69, 9.17) is 16.7 Å². The highest BCUT2D eigenvalue weighted by Crippen LogP contribution is 2.35. The minimum absolute atomic E-state index is 0.103. The Hall–Kier alpha value is -1.82. The standard InChI is InChI=1S/C13H15ClN2O4/c1-8-4-12(16(19)20)10(14)6-11(8)15-3-2-9(7-15)5-13(17)18/h4,6,9H,2-3,5,7H2,1H3,(H,17,18). The Balaban J connectivity index is 2.20. The predicted octanol–water partition coefficient (Wildman–Crippen LogP) is 2.86. The molecule has 0 radical (unpaired) electrons. The molecule has 1 atom stereocenters. The Morgan fingerprint density at radius 3 is 2.90 bits per heavy atom. The van der Waals surface area contributed by atoms with Crippen molar-refractivity contribution >= 4 is 28.9 Å². The van der Waals surface area contributed by atoms with Crippen molar-refractivity contribution in [3.63, 3.8) is 0 Å². The van der Waals surface area contributed by atoms with Gasteiger partial charge < -0.3 is 10.0 Å². The maximum Gasteiger partial charge on any atom is 0.303 e. The van der Waals surface area contributed by atoms with Crippen molar-refractivity contribution in [1.29, 1.82) is 0 Å². The third kappa shape index (κ3) is 3.01. The van der Waals surface area contributed by atoms with Crippen molar-refractivity contribution in [2.45, 2.75) is 19.8 Å². The van der Waals surface area contributed by atoms with E-state index >= 15 is 0 Å². The zero-order chi connectivity index (χ0) is 14.9. The molecule has 7 heteroatoms. The van der Waals surface area contributed by atoms with Crippen molar-refractivity contribution in [2.24, 2.45) is 5.92 Å². The molecule has 20 heavy (non-hydrogen) atoms. The van der Waals surface area contributed by atoms with E-state index in [9.17, 15) is 14.9 Å². The number of benzene rings is 1. The Labute approximate surface area is 121 Å². The summed E-state index contributed by atoms with van der Waals surface area (Å²) in [5.74, 6) is -0.684. The van der Waals surface area contributed by atoms with Crippen LogP contribution in [0.2, 0.25) is 5.02 Å². The smallest absolute Gasteiger partial charge is 0.303 e. The molecule has 0 amide bonds. The van der Waals surface area contributed by atoms with Crippen LogP contribution in [0.25, 0.3) is 0 Å². The van der Waals surface area contributed by atoms with E-state index in [-0.39, 0.29) is 23.0 Å². The number of carbonyl (C=O) groups is 1. The second kappa shape index (κ2) is 5.66. The average molecular weight is 299 g/mol. The molecule has 1 aromatic carbocycles. The van der Waals surface area contributed by atoms with Crippen LogP contribution in [-0.4, -0.2) is 29.1 Å². The van der Waals surface area contributed by atoms with Crippen LogP contribution in [-0.2, 0) is 4.79 Å². The van der Waals surface area contributed by atoms with Gasteiger partial charge in [0.1, 0.15) is 5.02 Å². The first kappa shape index (κ1) is 14.6. The van der Waals surface area contributed by atoms with Crippen molar-refractivity contribution in [2.75, 3.05) is 18.0 Å². The number of hydrogen-bond donors (Lipinski definition) is 1. The zero-order valence-corrected chi connectivity index (χ0v) is 11.8. The molecule has 1 N–H and O–H groups in total. The van der Waals surface area contributed by atoms with Crippen LogP contribution in [0.1, 0.15) is 18.4 Å². The van der Waals surface area contributed by atoms with E-state index in [1.54, 1.807) is 13.0 Å². The number of carboxylic acids is 1. The molecule has 1 fully saturated rings. The first-order chi connectivity index (χ1) is 9.38. The molecule has 1 aliphatic heterocycles. The fraction of sp³-hybridized carbons (Fsp3) is 0.462. The fourth-order valence-electron chi connectivity index (χ4n) is 2.60. The van der Waals surface area contributed by atoms with Crippen LogP contribution < -0.4 is 4.90 Å². The lowest BCUT2D eigenvalue weighted by Crippen LogP contribution is -2.21. The van der Waals surface area contributed by atoms with Gasteiger partial charge in [0.25, 0.3) is 5.69 Å². The van der Waals surface area contributed by atoms with Crippen LogP contribution in [0, 0.1) is 23.0 Å². The van der Waals surface area contributed by atoms with E-state index in [0.717, 1.165) is 24.2 Å². The van der Waals surface area contributed by atoms with Crippen LogP contribution in [0.5, 0.6) is 0 Å². The molecule has 1 heterocycles. The van der Waals surface area contributed by atoms with Gasteiger partial charge in [-0.05, 0) is 30.9 Å². The number of nitro benzene ring substituents is 1. The summed E-state index contributed by atoms with van der Waals surface area (Å²) in [4.78, 5) is 23.1. The first-order valence-corrected chi connectivity index (χ1v) is 6.67. The third-order valence-electron chi connectivity index (χ3n) is 3.55. The van der Waals surface area contributed by atoms with Crippen molar-refractivity contribution in [3.05, 3.63) is 32.8 Å². The second-order valence-corrected chi connectivity index (χ2v) is 5.45. The summed E-state index contributed by atoms with van der Waals surface area (Å²) in [6.45, 7) is 3.18. The highest BCUT2D eigenvalue weighted by Gasteiger charge is 2.27. The summed E-state index contributed by atoms with van der Waals surface area (Å²) in [6.07, 6.45) is 0.955. The fourth-order valence-corrected chi connectivity index (χ4v) is 2.83. The Kier molecular flexibility index (Phi) is 4.13. The third-order valence-corrected chi connectivity index (χ3v) is 3.85. The van der Waals surface area contributed by atoms with E-state index in [1.807, 2.05) is 4.90 Å². The number of anilines is 1. The molecule has 1 aromatic rings. The molecular formula is C13H15ClN2O4. The number of nitrogens with zero attached hydrogens (tertiary/aromatic N) is 2. The van der Waals surface area contributed by atoms with Gasteiger partial charge in [-0.1, -0.05) is 11.6 Å². The number of rotatable bonds is 4. The molecule has 1 saturated heterocycles. The minimum atomic E-state index is -0.796. The van der Waals surface area contributed by atoms with E-state index in [1.165, 1.54) is 6.07 Å². The van der Waals surface area contributed by atoms with E-state index in [2.05, 4.69) is 0 Å². The summed E-state index contributed by atoms with van der Waals surface area (Å²) in [6, 6.07) is 3.06. The molecule has 6 nitrogen and oxygen atoms in total. The van der Waals surface area contributed by atoms with Gasteiger partial charge in [0, 0.05) is 31.3 Å². The van der Waals surface area contributed by atoms with Gasteiger partial charge >= 0.3 is 5.97 Å². The van der Waals surface area contributed by atoms with Gasteiger partial charge in [-0.3, -0.25) is 14.9 Å². The number of carboxylic acid groups (broad SMARTS) is 1. The lowest BCUT2D eigenvalue weighted by molar-refractivity contribution is -0.384. The number of halogens is 1. The van der Waals surface area contributed by atoms with Gasteiger partial charge in [0.05, 0.1) is 4.92 Å². The highest BCUT2D eigenvalue weighted by atomic mass is 35.5. The minimum Gasteiger partial charge on any atom is -0.481 e. The van der Waals surface area contributed by atoms with Gasteiger partial charge in [0.2, 0.25) is 0 Å². The summed E-state index contributed by atoms with van der Waals surface area (Å²) >= 11 is 5.93. The van der Waals surface area contributed by atoms with Crippen molar-refractivity contribution in [3.8, 4) is 0 Å². The summed E-state index contributed by atoms with van der Waals surface area (Å²) in [5.41, 5.74) is 1.51. The molecule has 0 aliphatic carbocycles. The predicted molar refractivity (Wildman–Crippen MR) is 75.4 cm³/mol. The van der Waals surface area contributed by atoms with Gasteiger partial charge in [0.15, 0.2) is 0 Å². The molecule has 0 bridgehead atoms. The van der Waals surface area contributed by atoms with Crippen molar-refractivity contribution in [1.82, 2.24) is 0 Å². The zero-order valence-electron chi connectivity index (χ0n) is 11.0. The monoisotopic (exact) mass is 298 g/mol. The van der Waals surface area contributed by atoms with Crippen LogP contribution in [0.15, 0.2) is 12.1 Å². The lowest BCUT2D eigenvalue weighted by atomic mass is 10.1. The first-order valence-electron chi connectivity index (χ1n) is 6.29. The number of hydrogen-bond acceptors (Lipinski definition) is 4. The maximum atomic E-state index is 10.8. The molecule has 1 aliphatic rings. The van der Waals surface area contributed by atoms with E-state index in [0.29, 0.717) is 6.54 Å². The van der Waals surface area contributed by atoms with Crippen LogP contribution >= 0.6 is 11.6 Å². The molecule has 2 rings (SSSR count). The Morgan fingerprint density at radius 2 is 2.30 bits per heavy atom. The molecule has 0 saturated carbocycles.